The second kappa shape index (κ2) is 6.38. The molecule has 1 aliphatic rings. The Morgan fingerprint density at radius 2 is 2.23 bits per heavy atom. The molecule has 0 bridgehead atoms. The molecule has 1 N–H and O–H groups in total. The lowest BCUT2D eigenvalue weighted by atomic mass is 10.1. The Morgan fingerprint density at radius 1 is 1.45 bits per heavy atom. The van der Waals surface area contributed by atoms with Crippen molar-refractivity contribution >= 4 is 44.8 Å². The lowest BCUT2D eigenvalue weighted by molar-refractivity contribution is 0.101. The van der Waals surface area contributed by atoms with Crippen molar-refractivity contribution in [3.8, 4) is 6.07 Å². The fourth-order valence-electron chi connectivity index (χ4n) is 2.78. The number of anilines is 1. The molecule has 0 aliphatic heterocycles. The van der Waals surface area contributed by atoms with Crippen molar-refractivity contribution in [2.24, 2.45) is 7.05 Å². The van der Waals surface area contributed by atoms with E-state index in [1.54, 1.807) is 29.3 Å². The first kappa shape index (κ1) is 15.5. The van der Waals surface area contributed by atoms with E-state index in [-0.39, 0.29) is 5.91 Å². The van der Waals surface area contributed by atoms with Crippen LogP contribution in [0.5, 0.6) is 0 Å². The highest BCUT2D eigenvalue weighted by atomic mass is 127. The minimum absolute atomic E-state index is 0.211. The van der Waals surface area contributed by atoms with E-state index in [0.29, 0.717) is 16.3 Å². The Morgan fingerprint density at radius 3 is 2.91 bits per heavy atom. The number of aryl methyl sites for hydroxylation is 2. The van der Waals surface area contributed by atoms with E-state index in [1.165, 1.54) is 11.3 Å². The van der Waals surface area contributed by atoms with Crippen LogP contribution in [0.1, 0.15) is 45.8 Å². The van der Waals surface area contributed by atoms with E-state index in [4.69, 9.17) is 0 Å². The van der Waals surface area contributed by atoms with Gasteiger partial charge < -0.3 is 5.32 Å². The fourth-order valence-corrected chi connectivity index (χ4v) is 4.73. The third-order valence-electron chi connectivity index (χ3n) is 3.87. The number of hydrogen-bond acceptors (Lipinski definition) is 4. The number of nitriles is 1. The summed E-state index contributed by atoms with van der Waals surface area (Å²) in [4.78, 5) is 13.7. The summed E-state index contributed by atoms with van der Waals surface area (Å²) in [6, 6.07) is 2.28. The van der Waals surface area contributed by atoms with Gasteiger partial charge in [-0.3, -0.25) is 9.48 Å². The molecule has 2 aromatic rings. The zero-order valence-corrected chi connectivity index (χ0v) is 15.1. The van der Waals surface area contributed by atoms with E-state index in [1.807, 2.05) is 0 Å². The van der Waals surface area contributed by atoms with Crippen molar-refractivity contribution in [3.63, 3.8) is 0 Å². The Balaban J connectivity index is 1.93. The number of thiophene rings is 1. The van der Waals surface area contributed by atoms with Gasteiger partial charge in [0.2, 0.25) is 0 Å². The van der Waals surface area contributed by atoms with Gasteiger partial charge in [0.05, 0.1) is 15.3 Å². The topological polar surface area (TPSA) is 70.7 Å². The highest BCUT2D eigenvalue weighted by Crippen LogP contribution is 2.37. The van der Waals surface area contributed by atoms with E-state index < -0.39 is 0 Å². The number of rotatable bonds is 2. The lowest BCUT2D eigenvalue weighted by Crippen LogP contribution is -2.17. The van der Waals surface area contributed by atoms with Crippen LogP contribution in [0.15, 0.2) is 6.20 Å². The van der Waals surface area contributed by atoms with Gasteiger partial charge in [0, 0.05) is 11.9 Å². The van der Waals surface area contributed by atoms with Crippen molar-refractivity contribution in [2.75, 3.05) is 5.32 Å². The highest BCUT2D eigenvalue weighted by molar-refractivity contribution is 14.1. The number of halogens is 1. The average molecular weight is 426 g/mol. The van der Waals surface area contributed by atoms with Gasteiger partial charge in [-0.2, -0.15) is 10.4 Å². The SMILES string of the molecule is Cn1ncc(I)c1C(=O)Nc1sc2c(c1C#N)CCCCC2. The Hall–Kier alpha value is -1.40. The molecule has 7 heteroatoms. The summed E-state index contributed by atoms with van der Waals surface area (Å²) in [6.45, 7) is 0. The molecule has 1 amide bonds. The minimum Gasteiger partial charge on any atom is -0.311 e. The number of hydrogen-bond donors (Lipinski definition) is 1. The van der Waals surface area contributed by atoms with Crippen LogP contribution in [-0.2, 0) is 19.9 Å². The maximum Gasteiger partial charge on any atom is 0.275 e. The summed E-state index contributed by atoms with van der Waals surface area (Å²) in [5, 5.41) is 17.2. The molecule has 0 spiro atoms. The van der Waals surface area contributed by atoms with Crippen LogP contribution in [-0.4, -0.2) is 15.7 Å². The number of nitrogens with zero attached hydrogens (tertiary/aromatic N) is 3. The first-order valence-electron chi connectivity index (χ1n) is 7.15. The van der Waals surface area contributed by atoms with Crippen LogP contribution < -0.4 is 5.32 Å². The first-order chi connectivity index (χ1) is 10.6. The number of carbonyl (C=O) groups is 1. The molecular weight excluding hydrogens is 411 g/mol. The summed E-state index contributed by atoms with van der Waals surface area (Å²) in [5.74, 6) is -0.211. The van der Waals surface area contributed by atoms with Crippen LogP contribution in [0.2, 0.25) is 0 Å². The third-order valence-corrected chi connectivity index (χ3v) is 5.87. The van der Waals surface area contributed by atoms with Gasteiger partial charge in [-0.25, -0.2) is 0 Å². The standard InChI is InChI=1S/C15H15IN4OS/c1-20-13(11(16)8-18-20)14(21)19-15-10(7-17)9-5-3-2-4-6-12(9)22-15/h8H,2-6H2,1H3,(H,19,21). The smallest absolute Gasteiger partial charge is 0.275 e. The Labute approximate surface area is 146 Å². The zero-order valence-electron chi connectivity index (χ0n) is 12.1. The van der Waals surface area contributed by atoms with Gasteiger partial charge in [-0.1, -0.05) is 6.42 Å². The van der Waals surface area contributed by atoms with Gasteiger partial charge in [0.1, 0.15) is 16.8 Å². The van der Waals surface area contributed by atoms with E-state index in [2.05, 4.69) is 39.1 Å². The maximum absolute atomic E-state index is 12.5. The normalized spacial score (nSPS) is 14.0. The summed E-state index contributed by atoms with van der Waals surface area (Å²) < 4.78 is 2.36. The Kier molecular flexibility index (Phi) is 4.49. The molecule has 22 heavy (non-hydrogen) atoms. The predicted molar refractivity (Wildman–Crippen MR) is 94.2 cm³/mol. The number of nitrogens with one attached hydrogen (secondary N) is 1. The van der Waals surface area contributed by atoms with Crippen molar-refractivity contribution in [3.05, 3.63) is 31.5 Å². The summed E-state index contributed by atoms with van der Waals surface area (Å²) >= 11 is 3.64. The predicted octanol–water partition coefficient (Wildman–Crippen LogP) is 3.48. The number of carbonyl (C=O) groups excluding carboxylic acids is 1. The molecule has 0 saturated heterocycles. The molecule has 0 fully saturated rings. The second-order valence-corrected chi connectivity index (χ2v) is 7.57. The fraction of sp³-hybridized carbons (Fsp3) is 0.400. The highest BCUT2D eigenvalue weighted by Gasteiger charge is 2.23. The second-order valence-electron chi connectivity index (χ2n) is 5.30. The minimum atomic E-state index is -0.211. The van der Waals surface area contributed by atoms with Crippen molar-refractivity contribution in [1.82, 2.24) is 9.78 Å². The molecule has 1 aliphatic carbocycles. The molecule has 0 unspecified atom stereocenters. The molecular formula is C15H15IN4OS. The quantitative estimate of drug-likeness (QED) is 0.591. The van der Waals surface area contributed by atoms with Crippen molar-refractivity contribution in [2.45, 2.75) is 32.1 Å². The maximum atomic E-state index is 12.5. The van der Waals surface area contributed by atoms with Gasteiger partial charge >= 0.3 is 0 Å². The van der Waals surface area contributed by atoms with Crippen LogP contribution in [0.4, 0.5) is 5.00 Å². The summed E-state index contributed by atoms with van der Waals surface area (Å²) in [7, 11) is 1.74. The van der Waals surface area contributed by atoms with Gasteiger partial charge in [-0.15, -0.1) is 11.3 Å². The van der Waals surface area contributed by atoms with Crippen molar-refractivity contribution < 1.29 is 4.79 Å². The van der Waals surface area contributed by atoms with Gasteiger partial charge in [-0.05, 0) is 53.8 Å². The monoisotopic (exact) mass is 426 g/mol. The van der Waals surface area contributed by atoms with Crippen LogP contribution in [0.25, 0.3) is 0 Å². The van der Waals surface area contributed by atoms with Crippen LogP contribution in [0, 0.1) is 14.9 Å². The van der Waals surface area contributed by atoms with E-state index in [0.717, 1.165) is 34.8 Å². The van der Waals surface area contributed by atoms with E-state index in [9.17, 15) is 10.1 Å². The number of amides is 1. The Bertz CT molecular complexity index is 752. The molecule has 114 valence electrons. The lowest BCUT2D eigenvalue weighted by Gasteiger charge is -2.05. The number of aromatic nitrogens is 2. The van der Waals surface area contributed by atoms with Gasteiger partial charge in [0.25, 0.3) is 5.91 Å². The molecule has 2 aromatic heterocycles. The van der Waals surface area contributed by atoms with E-state index >= 15 is 0 Å². The molecule has 0 aromatic carbocycles. The average Bonchev–Trinajstić information content (AvgIpc) is 2.89. The van der Waals surface area contributed by atoms with Crippen molar-refractivity contribution in [1.29, 1.82) is 5.26 Å². The molecule has 0 saturated carbocycles. The molecule has 2 heterocycles. The number of fused-ring (bicyclic) bond motifs is 1. The summed E-state index contributed by atoms with van der Waals surface area (Å²) in [5.41, 5.74) is 2.31. The van der Waals surface area contributed by atoms with Crippen LogP contribution in [0.3, 0.4) is 0 Å². The molecule has 0 radical (unpaired) electrons. The third kappa shape index (κ3) is 2.77. The van der Waals surface area contributed by atoms with Gasteiger partial charge in [0.15, 0.2) is 0 Å². The summed E-state index contributed by atoms with van der Waals surface area (Å²) in [6.07, 6.45) is 7.09. The largest absolute Gasteiger partial charge is 0.311 e. The molecule has 5 nitrogen and oxygen atoms in total. The zero-order chi connectivity index (χ0) is 15.7. The first-order valence-corrected chi connectivity index (χ1v) is 9.05. The van der Waals surface area contributed by atoms with Crippen LogP contribution >= 0.6 is 33.9 Å². The molecule has 3 rings (SSSR count). The molecule has 0 atom stereocenters.